The number of aromatic carboxylic acids is 1. The summed E-state index contributed by atoms with van der Waals surface area (Å²) in [5.74, 6) is -0.977. The summed E-state index contributed by atoms with van der Waals surface area (Å²) in [7, 11) is 0. The second kappa shape index (κ2) is 5.11. The van der Waals surface area contributed by atoms with Gasteiger partial charge in [-0.1, -0.05) is 29.8 Å². The van der Waals surface area contributed by atoms with Crippen LogP contribution in [0.2, 0.25) is 5.02 Å². The number of rotatable bonds is 2. The first-order valence-corrected chi connectivity index (χ1v) is 7.41. The number of carboxylic acid groups (broad SMARTS) is 1. The molecular weight excluding hydrogens is 312 g/mol. The highest BCUT2D eigenvalue weighted by Crippen LogP contribution is 2.30. The summed E-state index contributed by atoms with van der Waals surface area (Å²) in [5.41, 5.74) is 2.76. The molecule has 4 rings (SSSR count). The predicted octanol–water partition coefficient (Wildman–Crippen LogP) is 4.53. The van der Waals surface area contributed by atoms with Gasteiger partial charge in [-0.05, 0) is 30.3 Å². The monoisotopic (exact) mass is 322 g/mol. The Kier molecular flexibility index (Phi) is 3.06. The highest BCUT2D eigenvalue weighted by Gasteiger charge is 2.16. The van der Waals surface area contributed by atoms with E-state index in [0.29, 0.717) is 10.4 Å². The summed E-state index contributed by atoms with van der Waals surface area (Å²) in [4.78, 5) is 15.9. The number of pyridine rings is 1. The van der Waals surface area contributed by atoms with Gasteiger partial charge >= 0.3 is 5.97 Å². The normalized spacial score (nSPS) is 11.2. The fourth-order valence-electron chi connectivity index (χ4n) is 2.86. The van der Waals surface area contributed by atoms with E-state index in [4.69, 9.17) is 11.6 Å². The molecule has 1 N–H and O–H groups in total. The van der Waals surface area contributed by atoms with Gasteiger partial charge in [-0.2, -0.15) is 0 Å². The maximum absolute atomic E-state index is 11.6. The van der Waals surface area contributed by atoms with Gasteiger partial charge in [0.25, 0.3) is 0 Å². The molecule has 23 heavy (non-hydrogen) atoms. The Morgan fingerprint density at radius 2 is 1.91 bits per heavy atom. The van der Waals surface area contributed by atoms with Crippen LogP contribution in [0.5, 0.6) is 0 Å². The number of hydrogen-bond donors (Lipinski definition) is 1. The van der Waals surface area contributed by atoms with Gasteiger partial charge in [0.1, 0.15) is 0 Å². The van der Waals surface area contributed by atoms with Gasteiger partial charge in [-0.3, -0.25) is 4.98 Å². The van der Waals surface area contributed by atoms with Crippen molar-refractivity contribution in [3.8, 4) is 5.69 Å². The maximum Gasteiger partial charge on any atom is 0.337 e. The van der Waals surface area contributed by atoms with Gasteiger partial charge in [-0.25, -0.2) is 4.79 Å². The second-order valence-corrected chi connectivity index (χ2v) is 5.66. The fourth-order valence-corrected chi connectivity index (χ4v) is 3.03. The molecule has 0 saturated carbocycles. The van der Waals surface area contributed by atoms with Crippen molar-refractivity contribution >= 4 is 39.4 Å². The molecule has 0 atom stereocenters. The highest BCUT2D eigenvalue weighted by molar-refractivity contribution is 6.31. The lowest BCUT2D eigenvalue weighted by atomic mass is 10.1. The van der Waals surface area contributed by atoms with Crippen molar-refractivity contribution in [1.29, 1.82) is 0 Å². The molecule has 0 unspecified atom stereocenters. The molecular formula is C18H11ClN2O2. The van der Waals surface area contributed by atoms with Crippen LogP contribution in [0.4, 0.5) is 0 Å². The van der Waals surface area contributed by atoms with Crippen molar-refractivity contribution in [3.63, 3.8) is 0 Å². The van der Waals surface area contributed by atoms with Crippen LogP contribution in [0, 0.1) is 0 Å². The van der Waals surface area contributed by atoms with Crippen LogP contribution in [0.25, 0.3) is 27.5 Å². The molecule has 2 heterocycles. The quantitative estimate of drug-likeness (QED) is 0.590. The van der Waals surface area contributed by atoms with E-state index in [1.54, 1.807) is 24.5 Å². The Hall–Kier alpha value is -2.85. The van der Waals surface area contributed by atoms with Crippen molar-refractivity contribution in [3.05, 3.63) is 71.5 Å². The minimum absolute atomic E-state index is 0.225. The van der Waals surface area contributed by atoms with Crippen LogP contribution in [0.1, 0.15) is 10.4 Å². The predicted molar refractivity (Wildman–Crippen MR) is 90.5 cm³/mol. The molecule has 0 amide bonds. The number of halogens is 1. The number of carboxylic acids is 1. The Morgan fingerprint density at radius 3 is 2.74 bits per heavy atom. The van der Waals surface area contributed by atoms with Crippen LogP contribution in [0.15, 0.2) is 60.9 Å². The summed E-state index contributed by atoms with van der Waals surface area (Å²) in [6, 6.07) is 14.9. The van der Waals surface area contributed by atoms with Crippen LogP contribution < -0.4 is 0 Å². The lowest BCUT2D eigenvalue weighted by Crippen LogP contribution is -1.96. The van der Waals surface area contributed by atoms with Crippen LogP contribution in [0.3, 0.4) is 0 Å². The standard InChI is InChI=1S/C18H11ClN2O2/c19-11-5-6-16-13(9-11)14(18(22)23)10-21(16)17-7-8-20-15-4-2-1-3-12(15)17/h1-10H,(H,22,23). The molecule has 0 spiro atoms. The Bertz CT molecular complexity index is 1060. The molecule has 4 aromatic rings. The number of nitrogens with zero attached hydrogens (tertiary/aromatic N) is 2. The van der Waals surface area contributed by atoms with Crippen molar-refractivity contribution < 1.29 is 9.90 Å². The van der Waals surface area contributed by atoms with E-state index >= 15 is 0 Å². The number of carbonyl (C=O) groups is 1. The molecule has 112 valence electrons. The van der Waals surface area contributed by atoms with E-state index in [9.17, 15) is 9.90 Å². The Morgan fingerprint density at radius 1 is 1.09 bits per heavy atom. The molecule has 0 aliphatic rings. The van der Waals surface area contributed by atoms with Crippen LogP contribution >= 0.6 is 11.6 Å². The minimum atomic E-state index is -0.977. The third-order valence-electron chi connectivity index (χ3n) is 3.88. The second-order valence-electron chi connectivity index (χ2n) is 5.23. The number of aromatic nitrogens is 2. The summed E-state index contributed by atoms with van der Waals surface area (Å²) < 4.78 is 1.87. The topological polar surface area (TPSA) is 55.1 Å². The maximum atomic E-state index is 11.6. The van der Waals surface area contributed by atoms with Crippen LogP contribution in [-0.4, -0.2) is 20.6 Å². The molecule has 0 fully saturated rings. The zero-order valence-electron chi connectivity index (χ0n) is 11.9. The zero-order valence-corrected chi connectivity index (χ0v) is 12.7. The summed E-state index contributed by atoms with van der Waals surface area (Å²) in [5, 5.41) is 11.6. The fraction of sp³-hybridized carbons (Fsp3) is 0. The lowest BCUT2D eigenvalue weighted by molar-refractivity contribution is 0.0699. The van der Waals surface area contributed by atoms with E-state index < -0.39 is 5.97 Å². The average Bonchev–Trinajstić information content (AvgIpc) is 2.93. The first kappa shape index (κ1) is 13.8. The number of benzene rings is 2. The molecule has 2 aromatic heterocycles. The van der Waals surface area contributed by atoms with Crippen molar-refractivity contribution in [1.82, 2.24) is 9.55 Å². The lowest BCUT2D eigenvalue weighted by Gasteiger charge is -2.09. The molecule has 0 radical (unpaired) electrons. The largest absolute Gasteiger partial charge is 0.478 e. The van der Waals surface area contributed by atoms with Gasteiger partial charge in [0.15, 0.2) is 0 Å². The van der Waals surface area contributed by atoms with E-state index in [1.807, 2.05) is 41.0 Å². The summed E-state index contributed by atoms with van der Waals surface area (Å²) in [6.07, 6.45) is 3.35. The molecule has 0 bridgehead atoms. The van der Waals surface area contributed by atoms with E-state index in [-0.39, 0.29) is 5.56 Å². The van der Waals surface area contributed by atoms with E-state index in [0.717, 1.165) is 22.1 Å². The van der Waals surface area contributed by atoms with Gasteiger partial charge < -0.3 is 9.67 Å². The smallest absolute Gasteiger partial charge is 0.337 e. The summed E-state index contributed by atoms with van der Waals surface area (Å²) >= 11 is 6.03. The summed E-state index contributed by atoms with van der Waals surface area (Å²) in [6.45, 7) is 0. The van der Waals surface area contributed by atoms with Gasteiger partial charge in [0.2, 0.25) is 0 Å². The van der Waals surface area contributed by atoms with Gasteiger partial charge in [0, 0.05) is 28.2 Å². The van der Waals surface area contributed by atoms with Crippen molar-refractivity contribution in [2.45, 2.75) is 0 Å². The molecule has 5 heteroatoms. The first-order valence-electron chi connectivity index (χ1n) is 7.03. The van der Waals surface area contributed by atoms with E-state index in [1.165, 1.54) is 0 Å². The SMILES string of the molecule is O=C(O)c1cn(-c2ccnc3ccccc23)c2ccc(Cl)cc12. The molecule has 2 aromatic carbocycles. The van der Waals surface area contributed by atoms with Crippen molar-refractivity contribution in [2.75, 3.05) is 0 Å². The first-order chi connectivity index (χ1) is 11.1. The number of fused-ring (bicyclic) bond motifs is 2. The van der Waals surface area contributed by atoms with Gasteiger partial charge in [-0.15, -0.1) is 0 Å². The third kappa shape index (κ3) is 2.15. The minimum Gasteiger partial charge on any atom is -0.478 e. The number of para-hydroxylation sites is 1. The number of hydrogen-bond acceptors (Lipinski definition) is 2. The van der Waals surface area contributed by atoms with Crippen molar-refractivity contribution in [2.24, 2.45) is 0 Å². The molecule has 4 nitrogen and oxygen atoms in total. The molecule has 0 saturated heterocycles. The van der Waals surface area contributed by atoms with E-state index in [2.05, 4.69) is 4.98 Å². The molecule has 0 aliphatic carbocycles. The van der Waals surface area contributed by atoms with Crippen LogP contribution in [-0.2, 0) is 0 Å². The molecule has 0 aliphatic heterocycles. The van der Waals surface area contributed by atoms with Gasteiger partial charge in [0.05, 0.1) is 22.3 Å². The Labute approximate surface area is 136 Å². The Balaban J connectivity index is 2.11. The average molecular weight is 323 g/mol. The third-order valence-corrected chi connectivity index (χ3v) is 4.12. The highest BCUT2D eigenvalue weighted by atomic mass is 35.5. The zero-order chi connectivity index (χ0) is 16.0.